The van der Waals surface area contributed by atoms with E-state index < -0.39 is 56.3 Å². The van der Waals surface area contributed by atoms with Crippen molar-refractivity contribution in [3.8, 4) is 0 Å². The molecule has 0 saturated heterocycles. The molecule has 8 aromatic carbocycles. The molecule has 0 spiro atoms. The van der Waals surface area contributed by atoms with Crippen molar-refractivity contribution in [1.82, 2.24) is 0 Å². The zero-order valence-electron chi connectivity index (χ0n) is 36.2. The number of hydrogen-bond donors (Lipinski definition) is 6. The van der Waals surface area contributed by atoms with Crippen molar-refractivity contribution < 1.29 is 56.7 Å². The molecule has 0 bridgehead atoms. The maximum absolute atomic E-state index is 13.7. The Morgan fingerprint density at radius 1 is 0.306 bits per heavy atom. The van der Waals surface area contributed by atoms with Gasteiger partial charge in [-0.15, -0.1) is 10.2 Å². The van der Waals surface area contributed by atoms with Crippen molar-refractivity contribution >= 4 is 125 Å². The van der Waals surface area contributed by atoms with Crippen LogP contribution in [0.15, 0.2) is 218 Å². The zero-order valence-corrected chi connectivity index (χ0v) is 39.5. The highest BCUT2D eigenvalue weighted by Gasteiger charge is 2.18. The maximum Gasteiger partial charge on any atom is 0.323 e. The van der Waals surface area contributed by atoms with Gasteiger partial charge in [0.2, 0.25) is 0 Å². The Kier molecular flexibility index (Phi) is 14.0. The second-order valence-corrected chi connectivity index (χ2v) is 20.7. The van der Waals surface area contributed by atoms with Gasteiger partial charge in [0.15, 0.2) is 0 Å². The fourth-order valence-electron chi connectivity index (χ4n) is 6.61. The Morgan fingerprint density at radius 2 is 0.556 bits per heavy atom. The van der Waals surface area contributed by atoms with Crippen LogP contribution in [0.3, 0.4) is 0 Å². The fourth-order valence-corrected chi connectivity index (χ4v) is 8.58. The molecule has 0 saturated carbocycles. The van der Waals surface area contributed by atoms with E-state index in [0.717, 1.165) is 24.3 Å². The zero-order chi connectivity index (χ0) is 51.4. The molecule has 0 aliphatic carbocycles. The van der Waals surface area contributed by atoms with Crippen molar-refractivity contribution in [2.45, 2.75) is 19.6 Å². The summed E-state index contributed by atoms with van der Waals surface area (Å²) in [4.78, 5) is 12.1. The Morgan fingerprint density at radius 3 is 0.833 bits per heavy atom. The molecule has 0 atom stereocenters. The lowest BCUT2D eigenvalue weighted by Gasteiger charge is -2.14. The number of hydrogen-bond acceptors (Lipinski definition) is 17. The predicted octanol–water partition coefficient (Wildman–Crippen LogP) is 12.3. The van der Waals surface area contributed by atoms with Crippen LogP contribution in [0, 0.1) is 0 Å². The molecule has 0 aliphatic rings. The molecule has 0 unspecified atom stereocenters. The smallest absolute Gasteiger partial charge is 0.307 e. The predicted molar refractivity (Wildman–Crippen MR) is 262 cm³/mol. The molecular formula is C45H32N10O13S4. The first-order valence-electron chi connectivity index (χ1n) is 20.3. The fraction of sp³-hybridized carbons (Fsp3) is 0. The number of benzene rings is 8. The van der Waals surface area contributed by atoms with E-state index in [-0.39, 0.29) is 54.1 Å². The van der Waals surface area contributed by atoms with Crippen LogP contribution in [0.1, 0.15) is 0 Å². The summed E-state index contributed by atoms with van der Waals surface area (Å²) in [5.41, 5.74) is 2.78. The Labute approximate surface area is 408 Å². The normalized spacial score (nSPS) is 12.7. The van der Waals surface area contributed by atoms with Crippen LogP contribution in [0.5, 0.6) is 0 Å². The van der Waals surface area contributed by atoms with Crippen LogP contribution < -0.4 is 10.6 Å². The molecule has 0 heterocycles. The largest absolute Gasteiger partial charge is 0.323 e. The number of carbonyl (C=O) groups excluding carboxylic acids is 1. The summed E-state index contributed by atoms with van der Waals surface area (Å²) in [6.07, 6.45) is 0. The second-order valence-electron chi connectivity index (χ2n) is 15.0. The summed E-state index contributed by atoms with van der Waals surface area (Å²) in [6, 6.07) is 35.0. The molecule has 72 heavy (non-hydrogen) atoms. The van der Waals surface area contributed by atoms with Gasteiger partial charge in [-0.3, -0.25) is 18.2 Å². The van der Waals surface area contributed by atoms with Crippen LogP contribution >= 0.6 is 0 Å². The standard InChI is InChI=1S/C45H32N10O13S4/c56-45(46-41-21-23-43(39-25-35(71(63,64)65)17-19-37(39)41)54-52-29-5-1-27(2-6-29)48-50-31-9-13-33(14-10-31)69(57,58)59)47-42-22-24-44(40-26-36(72(66,67)68)18-20-38(40)42)55-53-30-7-3-28(4-8-30)49-51-32-11-15-34(16-12-32)70(60,61)62/h1-26H,(H2,46,47,56)(H,57,58,59)(H,60,61,62)(H,63,64,65)(H,66,67,68). The van der Waals surface area contributed by atoms with E-state index in [0.29, 0.717) is 34.1 Å². The van der Waals surface area contributed by atoms with E-state index in [2.05, 4.69) is 51.5 Å². The molecule has 8 aromatic rings. The summed E-state index contributed by atoms with van der Waals surface area (Å²) in [5, 5.41) is 39.6. The molecule has 0 aromatic heterocycles. The number of azo groups is 4. The SMILES string of the molecule is O=C(Nc1ccc(N=Nc2ccc(N=Nc3ccc(S(=O)(=O)O)cc3)cc2)c2cc(S(=O)(=O)O)ccc12)Nc1ccc(N=Nc2ccc(N=Nc3ccc(S(=O)(=O)O)cc3)cc2)c2cc(S(=O)(=O)O)ccc12. The quantitative estimate of drug-likeness (QED) is 0.0436. The van der Waals surface area contributed by atoms with Gasteiger partial charge >= 0.3 is 6.03 Å². The third kappa shape index (κ3) is 12.3. The van der Waals surface area contributed by atoms with Crippen molar-refractivity contribution in [2.24, 2.45) is 40.9 Å². The van der Waals surface area contributed by atoms with Gasteiger partial charge in [-0.1, -0.05) is 12.1 Å². The van der Waals surface area contributed by atoms with Crippen LogP contribution in [0.2, 0.25) is 0 Å². The van der Waals surface area contributed by atoms with Gasteiger partial charge in [0, 0.05) is 21.5 Å². The van der Waals surface area contributed by atoms with E-state index in [9.17, 15) is 47.6 Å². The lowest BCUT2D eigenvalue weighted by atomic mass is 10.1. The molecule has 0 fully saturated rings. The molecule has 0 radical (unpaired) electrons. The number of anilines is 2. The number of rotatable bonds is 14. The molecule has 23 nitrogen and oxygen atoms in total. The molecule has 364 valence electrons. The Hall–Kier alpha value is -8.41. The van der Waals surface area contributed by atoms with Crippen molar-refractivity contribution in [1.29, 1.82) is 0 Å². The lowest BCUT2D eigenvalue weighted by Crippen LogP contribution is -2.19. The number of carbonyl (C=O) groups is 1. The van der Waals surface area contributed by atoms with Crippen LogP contribution in [-0.2, 0) is 40.5 Å². The van der Waals surface area contributed by atoms with E-state index in [1.807, 2.05) is 0 Å². The van der Waals surface area contributed by atoms with Gasteiger partial charge in [0.05, 0.1) is 76.5 Å². The minimum absolute atomic E-state index is 0.148. The van der Waals surface area contributed by atoms with E-state index in [1.165, 1.54) is 84.9 Å². The molecule has 8 rings (SSSR count). The first-order chi connectivity index (χ1) is 34.1. The van der Waals surface area contributed by atoms with Crippen molar-refractivity contribution in [2.75, 3.05) is 10.6 Å². The lowest BCUT2D eigenvalue weighted by molar-refractivity contribution is 0.262. The molecule has 2 amide bonds. The average Bonchev–Trinajstić information content (AvgIpc) is 3.34. The molecule has 6 N–H and O–H groups in total. The highest BCUT2D eigenvalue weighted by atomic mass is 32.2. The monoisotopic (exact) mass is 1050 g/mol. The summed E-state index contributed by atoms with van der Waals surface area (Å²) >= 11 is 0. The van der Waals surface area contributed by atoms with Gasteiger partial charge in [-0.2, -0.15) is 64.4 Å². The highest BCUT2D eigenvalue weighted by Crippen LogP contribution is 2.38. The summed E-state index contributed by atoms with van der Waals surface area (Å²) in [7, 11) is -18.1. The minimum Gasteiger partial charge on any atom is -0.307 e. The molecule has 27 heteroatoms. The van der Waals surface area contributed by atoms with E-state index in [4.69, 9.17) is 9.11 Å². The summed E-state index contributed by atoms with van der Waals surface area (Å²) in [5.74, 6) is 0. The topological polar surface area (TPSA) is 357 Å². The first-order valence-corrected chi connectivity index (χ1v) is 26.0. The van der Waals surface area contributed by atoms with Gasteiger partial charge in [-0.05, 0) is 146 Å². The molecular weight excluding hydrogens is 1020 g/mol. The van der Waals surface area contributed by atoms with E-state index >= 15 is 0 Å². The Balaban J connectivity index is 1.01. The van der Waals surface area contributed by atoms with Gasteiger partial charge in [0.25, 0.3) is 40.5 Å². The van der Waals surface area contributed by atoms with Crippen LogP contribution in [-0.4, -0.2) is 57.9 Å². The Bertz CT molecular complexity index is 3770. The van der Waals surface area contributed by atoms with E-state index in [1.54, 1.807) is 48.5 Å². The first kappa shape index (κ1) is 50.0. The van der Waals surface area contributed by atoms with Crippen LogP contribution in [0.4, 0.5) is 61.7 Å². The summed E-state index contributed by atoms with van der Waals surface area (Å²) in [6.45, 7) is 0. The van der Waals surface area contributed by atoms with Gasteiger partial charge in [0.1, 0.15) is 0 Å². The number of fused-ring (bicyclic) bond motifs is 2. The highest BCUT2D eigenvalue weighted by molar-refractivity contribution is 7.86. The second kappa shape index (κ2) is 20.1. The van der Waals surface area contributed by atoms with Gasteiger partial charge < -0.3 is 10.6 Å². The van der Waals surface area contributed by atoms with Gasteiger partial charge in [-0.25, -0.2) is 4.79 Å². The van der Waals surface area contributed by atoms with Crippen molar-refractivity contribution in [3.05, 3.63) is 158 Å². The third-order valence-corrected chi connectivity index (χ3v) is 13.5. The third-order valence-electron chi connectivity index (χ3n) is 10.1. The number of nitrogens with zero attached hydrogens (tertiary/aromatic N) is 8. The maximum atomic E-state index is 13.7. The van der Waals surface area contributed by atoms with Crippen LogP contribution in [0.25, 0.3) is 21.5 Å². The summed E-state index contributed by atoms with van der Waals surface area (Å²) < 4.78 is 132. The number of nitrogens with one attached hydrogen (secondary N) is 2. The number of urea groups is 1. The average molecular weight is 1050 g/mol. The molecule has 0 aliphatic heterocycles. The minimum atomic E-state index is -4.69. The number of amides is 2. The van der Waals surface area contributed by atoms with Crippen molar-refractivity contribution in [3.63, 3.8) is 0 Å².